The van der Waals surface area contributed by atoms with Gasteiger partial charge in [-0.25, -0.2) is 0 Å². The van der Waals surface area contributed by atoms with Gasteiger partial charge in [0.2, 0.25) is 10.9 Å². The van der Waals surface area contributed by atoms with Gasteiger partial charge >= 0.3 is 21.2 Å². The van der Waals surface area contributed by atoms with Gasteiger partial charge in [0.05, 0.1) is 21.5 Å². The third-order valence-corrected chi connectivity index (χ3v) is 7.88. The molecular formula is C26H14ClIO4. The van der Waals surface area contributed by atoms with Crippen LogP contribution >= 0.6 is 0 Å². The van der Waals surface area contributed by atoms with Crippen molar-refractivity contribution in [3.63, 3.8) is 0 Å². The lowest BCUT2D eigenvalue weighted by Crippen LogP contribution is -3.61. The van der Waals surface area contributed by atoms with Crippen LogP contribution in [0.15, 0.2) is 103 Å². The first-order valence-electron chi connectivity index (χ1n) is 9.73. The van der Waals surface area contributed by atoms with Gasteiger partial charge < -0.3 is 21.2 Å². The molecule has 6 heteroatoms. The Balaban J connectivity index is 0.00000216. The molecule has 0 aliphatic carbocycles. The van der Waals surface area contributed by atoms with Crippen LogP contribution in [-0.4, -0.2) is 0 Å². The number of para-hydroxylation sites is 2. The first kappa shape index (κ1) is 20.7. The van der Waals surface area contributed by atoms with Gasteiger partial charge in [-0.2, -0.15) is 0 Å². The van der Waals surface area contributed by atoms with Crippen LogP contribution in [0.1, 0.15) is 0 Å². The maximum atomic E-state index is 12.9. The van der Waals surface area contributed by atoms with Gasteiger partial charge in [-0.1, -0.05) is 24.3 Å². The number of hydrogen-bond acceptors (Lipinski definition) is 4. The molecule has 0 aliphatic rings. The molecule has 0 fully saturated rings. The SMILES string of the molecule is O=c1c2ccccc2oc2ccc([I+]c3ccc4oc5ccccc5c(=O)c4c3)cc12.[Cl-]. The third-order valence-electron chi connectivity index (χ3n) is 5.29. The van der Waals surface area contributed by atoms with E-state index in [4.69, 9.17) is 8.83 Å². The van der Waals surface area contributed by atoms with E-state index in [1.54, 1.807) is 24.3 Å². The molecular weight excluding hydrogens is 539 g/mol. The maximum absolute atomic E-state index is 12.9. The predicted molar refractivity (Wildman–Crippen MR) is 117 cm³/mol. The first-order chi connectivity index (χ1) is 15.2. The molecule has 2 heterocycles. The summed E-state index contributed by atoms with van der Waals surface area (Å²) in [6, 6.07) is 26.2. The van der Waals surface area contributed by atoms with Crippen LogP contribution in [0.3, 0.4) is 0 Å². The second-order valence-electron chi connectivity index (χ2n) is 7.23. The average molecular weight is 553 g/mol. The second-order valence-corrected chi connectivity index (χ2v) is 10.3. The molecule has 32 heavy (non-hydrogen) atoms. The van der Waals surface area contributed by atoms with Crippen molar-refractivity contribution in [2.24, 2.45) is 0 Å². The summed E-state index contributed by atoms with van der Waals surface area (Å²) in [6.45, 7) is 0. The number of fused-ring (bicyclic) bond motifs is 4. The van der Waals surface area contributed by atoms with Crippen LogP contribution in [0, 0.1) is 7.14 Å². The Hall–Kier alpha value is -3.16. The molecule has 0 saturated carbocycles. The van der Waals surface area contributed by atoms with E-state index in [2.05, 4.69) is 0 Å². The molecule has 6 aromatic rings. The Morgan fingerprint density at radius 3 is 1.38 bits per heavy atom. The molecule has 0 N–H and O–H groups in total. The molecule has 0 spiro atoms. The van der Waals surface area contributed by atoms with Gasteiger partial charge in [-0.3, -0.25) is 9.59 Å². The Morgan fingerprint density at radius 2 is 0.906 bits per heavy atom. The van der Waals surface area contributed by atoms with E-state index in [1.165, 1.54) is 0 Å². The van der Waals surface area contributed by atoms with Crippen molar-refractivity contribution in [3.8, 4) is 0 Å². The highest BCUT2D eigenvalue weighted by atomic mass is 127. The molecule has 0 radical (unpaired) electrons. The Labute approximate surface area is 198 Å². The molecule has 0 aliphatic heterocycles. The van der Waals surface area contributed by atoms with Gasteiger partial charge in [-0.05, 0) is 48.5 Å². The molecule has 0 amide bonds. The number of benzene rings is 4. The zero-order valence-electron chi connectivity index (χ0n) is 16.5. The highest BCUT2D eigenvalue weighted by Gasteiger charge is 2.20. The molecule has 0 saturated heterocycles. The molecule has 0 bridgehead atoms. The van der Waals surface area contributed by atoms with Crippen LogP contribution < -0.4 is 44.5 Å². The summed E-state index contributed by atoms with van der Waals surface area (Å²) in [5.74, 6) is 0. The van der Waals surface area contributed by atoms with E-state index < -0.39 is 21.2 Å². The first-order valence-corrected chi connectivity index (χ1v) is 11.9. The van der Waals surface area contributed by atoms with E-state index in [0.29, 0.717) is 43.9 Å². The van der Waals surface area contributed by atoms with Crippen molar-refractivity contribution >= 4 is 43.9 Å². The largest absolute Gasteiger partial charge is 1.00 e. The summed E-state index contributed by atoms with van der Waals surface area (Å²) < 4.78 is 14.0. The van der Waals surface area contributed by atoms with Gasteiger partial charge in [0.15, 0.2) is 7.14 Å². The quantitative estimate of drug-likeness (QED) is 0.212. The van der Waals surface area contributed by atoms with Gasteiger partial charge in [0, 0.05) is 12.1 Å². The Morgan fingerprint density at radius 1 is 0.500 bits per heavy atom. The van der Waals surface area contributed by atoms with Gasteiger partial charge in [-0.15, -0.1) is 0 Å². The van der Waals surface area contributed by atoms with E-state index in [1.807, 2.05) is 60.7 Å². The second kappa shape index (κ2) is 8.07. The summed E-state index contributed by atoms with van der Waals surface area (Å²) in [5.41, 5.74) is 2.32. The smallest absolute Gasteiger partial charge is 0.357 e. The summed E-state index contributed by atoms with van der Waals surface area (Å²) >= 11 is -0.596. The van der Waals surface area contributed by atoms with Crippen molar-refractivity contribution in [2.75, 3.05) is 0 Å². The number of rotatable bonds is 2. The molecule has 0 unspecified atom stereocenters. The van der Waals surface area contributed by atoms with Gasteiger partial charge in [0.1, 0.15) is 22.3 Å². The average Bonchev–Trinajstić information content (AvgIpc) is 2.80. The topological polar surface area (TPSA) is 60.4 Å². The van der Waals surface area contributed by atoms with Crippen LogP contribution in [0.5, 0.6) is 0 Å². The summed E-state index contributed by atoms with van der Waals surface area (Å²) in [4.78, 5) is 25.9. The van der Waals surface area contributed by atoms with Crippen molar-refractivity contribution in [3.05, 3.63) is 113 Å². The third kappa shape index (κ3) is 3.38. The molecule has 156 valence electrons. The standard InChI is InChI=1S/C26H14IO4.ClH/c28-25-17-5-1-3-7-21(17)30-23-11-9-15(13-19(23)25)27-16-10-12-24-20(14-16)26(29)18-6-2-4-8-22(18)31-24;/h1-14H;1H/q+1;/p-1. The fraction of sp³-hybridized carbons (Fsp3) is 0. The lowest BCUT2D eigenvalue weighted by molar-refractivity contribution is -0.597. The van der Waals surface area contributed by atoms with E-state index >= 15 is 0 Å². The predicted octanol–water partition coefficient (Wildman–Crippen LogP) is -0.662. The van der Waals surface area contributed by atoms with Crippen molar-refractivity contribution in [1.82, 2.24) is 0 Å². The van der Waals surface area contributed by atoms with Crippen LogP contribution in [0.2, 0.25) is 0 Å². The van der Waals surface area contributed by atoms with Crippen LogP contribution in [0.25, 0.3) is 43.9 Å². The highest BCUT2D eigenvalue weighted by molar-refractivity contribution is 5.90. The molecule has 0 atom stereocenters. The van der Waals surface area contributed by atoms with E-state index in [0.717, 1.165) is 7.14 Å². The van der Waals surface area contributed by atoms with Gasteiger partial charge in [0.25, 0.3) is 0 Å². The number of hydrogen-bond donors (Lipinski definition) is 0. The lowest BCUT2D eigenvalue weighted by atomic mass is 10.1. The zero-order chi connectivity index (χ0) is 20.9. The minimum Gasteiger partial charge on any atom is -1.00 e. The molecule has 4 aromatic carbocycles. The van der Waals surface area contributed by atoms with E-state index in [-0.39, 0.29) is 23.3 Å². The normalized spacial score (nSPS) is 11.2. The fourth-order valence-electron chi connectivity index (χ4n) is 3.79. The van der Waals surface area contributed by atoms with Crippen LogP contribution in [0.4, 0.5) is 0 Å². The highest BCUT2D eigenvalue weighted by Crippen LogP contribution is 2.19. The minimum atomic E-state index is -0.596. The number of halogens is 2. The molecule has 2 aromatic heterocycles. The lowest BCUT2D eigenvalue weighted by Gasteiger charge is -2.01. The van der Waals surface area contributed by atoms with Crippen molar-refractivity contribution < 1.29 is 42.4 Å². The fourth-order valence-corrected chi connectivity index (χ4v) is 6.17. The van der Waals surface area contributed by atoms with Crippen molar-refractivity contribution in [2.45, 2.75) is 0 Å². The van der Waals surface area contributed by atoms with E-state index in [9.17, 15) is 9.59 Å². The van der Waals surface area contributed by atoms with Crippen molar-refractivity contribution in [1.29, 1.82) is 0 Å². The summed E-state index contributed by atoms with van der Waals surface area (Å²) in [6.07, 6.45) is 0. The molecule has 4 nitrogen and oxygen atoms in total. The Bertz CT molecular complexity index is 1640. The summed E-state index contributed by atoms with van der Waals surface area (Å²) in [5, 5.41) is 2.34. The van der Waals surface area contributed by atoms with Crippen LogP contribution in [-0.2, 0) is 0 Å². The summed E-state index contributed by atoms with van der Waals surface area (Å²) in [7, 11) is 0. The monoisotopic (exact) mass is 552 g/mol. The Kier molecular flexibility index (Phi) is 5.23. The zero-order valence-corrected chi connectivity index (χ0v) is 19.4. The maximum Gasteiger partial charge on any atom is 0.357 e. The minimum absolute atomic E-state index is 0. The molecule has 6 rings (SSSR count).